The first-order chi connectivity index (χ1) is 17.4. The van der Waals surface area contributed by atoms with Crippen molar-refractivity contribution >= 4 is 23.1 Å². The number of dihydropyridines is 1. The van der Waals surface area contributed by atoms with Crippen molar-refractivity contribution in [1.82, 2.24) is 5.32 Å². The average Bonchev–Trinajstić information content (AvgIpc) is 3.18. The number of Topliss-reactive ketones (excluding diaryl/α,β-unsaturated/α-hetero) is 1. The van der Waals surface area contributed by atoms with Crippen molar-refractivity contribution in [2.45, 2.75) is 19.4 Å². The zero-order valence-corrected chi connectivity index (χ0v) is 19.6. The zero-order chi connectivity index (χ0) is 25.4. The van der Waals surface area contributed by atoms with Gasteiger partial charge in [0.25, 0.3) is 5.69 Å². The molecule has 1 heterocycles. The van der Waals surface area contributed by atoms with Gasteiger partial charge in [0.15, 0.2) is 5.78 Å². The van der Waals surface area contributed by atoms with E-state index in [9.17, 15) is 19.7 Å². The Labute approximate surface area is 207 Å². The number of carbonyl (C=O) groups excluding carboxylic acids is 2. The predicted octanol–water partition coefficient (Wildman–Crippen LogP) is 4.92. The lowest BCUT2D eigenvalue weighted by Crippen LogP contribution is -2.29. The summed E-state index contributed by atoms with van der Waals surface area (Å²) in [6, 6.07) is 20.7. The SMILES string of the molecule is COC(=O)C1=C(C)NC2=C(C(=O)c3ccccc32)[C@H]1c1ccccc1OCc1ccc([N+](=O)[O-])cc1. The number of nitrogens with one attached hydrogen (secondary N) is 1. The Hall–Kier alpha value is -4.72. The summed E-state index contributed by atoms with van der Waals surface area (Å²) >= 11 is 0. The molecule has 5 rings (SSSR count). The Morgan fingerprint density at radius 2 is 1.67 bits per heavy atom. The minimum atomic E-state index is -0.707. The van der Waals surface area contributed by atoms with Gasteiger partial charge in [0.05, 0.1) is 29.2 Å². The molecule has 3 aromatic carbocycles. The van der Waals surface area contributed by atoms with Crippen molar-refractivity contribution in [3.8, 4) is 5.75 Å². The molecule has 8 nitrogen and oxygen atoms in total. The maximum absolute atomic E-state index is 13.6. The fourth-order valence-corrected chi connectivity index (χ4v) is 4.75. The highest BCUT2D eigenvalue weighted by atomic mass is 16.6. The molecule has 180 valence electrons. The first kappa shape index (κ1) is 23.0. The van der Waals surface area contributed by atoms with Crippen LogP contribution in [0.25, 0.3) is 5.70 Å². The van der Waals surface area contributed by atoms with E-state index in [1.165, 1.54) is 19.2 Å². The number of hydrogen-bond acceptors (Lipinski definition) is 7. The third kappa shape index (κ3) is 3.82. The molecule has 1 aliphatic carbocycles. The molecule has 1 aliphatic heterocycles. The first-order valence-electron chi connectivity index (χ1n) is 11.3. The molecule has 3 aromatic rings. The lowest BCUT2D eigenvalue weighted by Gasteiger charge is -2.30. The number of benzene rings is 3. The van der Waals surface area contributed by atoms with E-state index in [0.29, 0.717) is 39.4 Å². The Morgan fingerprint density at radius 3 is 2.36 bits per heavy atom. The number of allylic oxidation sites excluding steroid dienone is 2. The van der Waals surface area contributed by atoms with Crippen molar-refractivity contribution in [1.29, 1.82) is 0 Å². The molecule has 36 heavy (non-hydrogen) atoms. The Bertz CT molecular complexity index is 1470. The van der Waals surface area contributed by atoms with Gasteiger partial charge < -0.3 is 14.8 Å². The molecule has 2 aliphatic rings. The summed E-state index contributed by atoms with van der Waals surface area (Å²) in [5, 5.41) is 14.2. The molecule has 0 fully saturated rings. The van der Waals surface area contributed by atoms with Crippen LogP contribution < -0.4 is 10.1 Å². The average molecular weight is 482 g/mol. The van der Waals surface area contributed by atoms with Gasteiger partial charge in [0.1, 0.15) is 12.4 Å². The van der Waals surface area contributed by atoms with Crippen molar-refractivity contribution in [3.63, 3.8) is 0 Å². The van der Waals surface area contributed by atoms with Gasteiger partial charge in [-0.25, -0.2) is 4.79 Å². The van der Waals surface area contributed by atoms with Crippen LogP contribution in [0.4, 0.5) is 5.69 Å². The van der Waals surface area contributed by atoms with E-state index in [0.717, 1.165) is 11.1 Å². The van der Waals surface area contributed by atoms with Gasteiger partial charge in [0.2, 0.25) is 0 Å². The molecule has 0 radical (unpaired) electrons. The molecule has 0 unspecified atom stereocenters. The van der Waals surface area contributed by atoms with Crippen LogP contribution >= 0.6 is 0 Å². The fraction of sp³-hybridized carbons (Fsp3) is 0.143. The highest BCUT2D eigenvalue weighted by molar-refractivity contribution is 6.23. The Kier molecular flexibility index (Phi) is 5.85. The summed E-state index contributed by atoms with van der Waals surface area (Å²) in [5.41, 5.74) is 4.82. The number of esters is 1. The van der Waals surface area contributed by atoms with E-state index in [1.54, 1.807) is 31.2 Å². The summed E-state index contributed by atoms with van der Waals surface area (Å²) in [7, 11) is 1.31. The van der Waals surface area contributed by atoms with Gasteiger partial charge in [-0.1, -0.05) is 42.5 Å². The van der Waals surface area contributed by atoms with E-state index in [-0.39, 0.29) is 18.1 Å². The normalized spacial score (nSPS) is 16.3. The van der Waals surface area contributed by atoms with Gasteiger partial charge in [-0.05, 0) is 30.7 Å². The monoisotopic (exact) mass is 482 g/mol. The number of ketones is 1. The number of non-ortho nitro benzene ring substituents is 1. The first-order valence-corrected chi connectivity index (χ1v) is 11.3. The van der Waals surface area contributed by atoms with Gasteiger partial charge >= 0.3 is 5.97 Å². The highest BCUT2D eigenvalue weighted by Crippen LogP contribution is 2.48. The molecule has 1 N–H and O–H groups in total. The van der Waals surface area contributed by atoms with Gasteiger partial charge in [0, 0.05) is 40.1 Å². The Morgan fingerprint density at radius 1 is 1.00 bits per heavy atom. The number of nitro benzene ring substituents is 1. The lowest BCUT2D eigenvalue weighted by atomic mass is 9.79. The van der Waals surface area contributed by atoms with Gasteiger partial charge in [-0.3, -0.25) is 14.9 Å². The van der Waals surface area contributed by atoms with E-state index in [2.05, 4.69) is 5.32 Å². The zero-order valence-electron chi connectivity index (χ0n) is 19.6. The number of para-hydroxylation sites is 1. The smallest absolute Gasteiger partial charge is 0.336 e. The van der Waals surface area contributed by atoms with Crippen LogP contribution in [0.2, 0.25) is 0 Å². The number of ether oxygens (including phenoxy) is 2. The maximum atomic E-state index is 13.6. The number of nitro groups is 1. The summed E-state index contributed by atoms with van der Waals surface area (Å²) in [4.78, 5) is 37.0. The number of rotatable bonds is 6. The minimum Gasteiger partial charge on any atom is -0.489 e. The van der Waals surface area contributed by atoms with E-state index >= 15 is 0 Å². The number of methoxy groups -OCH3 is 1. The second-order valence-corrected chi connectivity index (χ2v) is 8.50. The quantitative estimate of drug-likeness (QED) is 0.302. The van der Waals surface area contributed by atoms with Crippen molar-refractivity contribution in [2.75, 3.05) is 7.11 Å². The third-order valence-electron chi connectivity index (χ3n) is 6.43. The second kappa shape index (κ2) is 9.14. The molecule has 0 aromatic heterocycles. The van der Waals surface area contributed by atoms with Crippen LogP contribution in [0, 0.1) is 10.1 Å². The topological polar surface area (TPSA) is 108 Å². The van der Waals surface area contributed by atoms with Crippen LogP contribution in [0.15, 0.2) is 89.6 Å². The summed E-state index contributed by atoms with van der Waals surface area (Å²) in [6.07, 6.45) is 0. The van der Waals surface area contributed by atoms with Crippen LogP contribution in [0.5, 0.6) is 5.75 Å². The molecular formula is C28H22N2O6. The lowest BCUT2D eigenvalue weighted by molar-refractivity contribution is -0.384. The molecule has 0 bridgehead atoms. The molecule has 8 heteroatoms. The molecule has 0 saturated heterocycles. The van der Waals surface area contributed by atoms with E-state index in [1.807, 2.05) is 36.4 Å². The van der Waals surface area contributed by atoms with Crippen LogP contribution in [-0.4, -0.2) is 23.8 Å². The van der Waals surface area contributed by atoms with Crippen molar-refractivity contribution < 1.29 is 24.0 Å². The number of fused-ring (bicyclic) bond motifs is 2. The predicted molar refractivity (Wildman–Crippen MR) is 132 cm³/mol. The van der Waals surface area contributed by atoms with Gasteiger partial charge in [-0.2, -0.15) is 0 Å². The van der Waals surface area contributed by atoms with Gasteiger partial charge in [-0.15, -0.1) is 0 Å². The molecule has 0 amide bonds. The third-order valence-corrected chi connectivity index (χ3v) is 6.43. The molecular weight excluding hydrogens is 460 g/mol. The molecule has 0 spiro atoms. The molecule has 1 atom stereocenters. The second-order valence-electron chi connectivity index (χ2n) is 8.50. The number of nitrogens with zero attached hydrogens (tertiary/aromatic N) is 1. The summed E-state index contributed by atoms with van der Waals surface area (Å²) < 4.78 is 11.2. The summed E-state index contributed by atoms with van der Waals surface area (Å²) in [5.74, 6) is -0.906. The van der Waals surface area contributed by atoms with Crippen LogP contribution in [-0.2, 0) is 16.1 Å². The van der Waals surface area contributed by atoms with Crippen LogP contribution in [0.3, 0.4) is 0 Å². The highest BCUT2D eigenvalue weighted by Gasteiger charge is 2.43. The Balaban J connectivity index is 1.57. The van der Waals surface area contributed by atoms with E-state index < -0.39 is 16.8 Å². The van der Waals surface area contributed by atoms with Crippen molar-refractivity contribution in [2.24, 2.45) is 0 Å². The maximum Gasteiger partial charge on any atom is 0.336 e. The standard InChI is InChI=1S/C28H22N2O6/c1-16-23(28(32)35-2)24(25-26(29-16)19-7-3-4-8-20(19)27(25)31)21-9-5-6-10-22(21)36-15-17-11-13-18(14-12-17)30(33)34/h3-14,24,29H,15H2,1-2H3/t24-/m0/s1. The fourth-order valence-electron chi connectivity index (χ4n) is 4.75. The van der Waals surface area contributed by atoms with E-state index in [4.69, 9.17) is 9.47 Å². The largest absolute Gasteiger partial charge is 0.489 e. The van der Waals surface area contributed by atoms with Crippen molar-refractivity contribution in [3.05, 3.63) is 122 Å². The molecule has 0 saturated carbocycles. The minimum absolute atomic E-state index is 0.00373. The number of hydrogen-bond donors (Lipinski definition) is 1. The van der Waals surface area contributed by atoms with Crippen LogP contribution in [0.1, 0.15) is 39.9 Å². The number of carbonyl (C=O) groups is 2. The summed E-state index contributed by atoms with van der Waals surface area (Å²) in [6.45, 7) is 1.94.